The third-order valence-corrected chi connectivity index (χ3v) is 4.81. The minimum absolute atomic E-state index is 0.291. The van der Waals surface area contributed by atoms with Gasteiger partial charge in [0.25, 0.3) is 0 Å². The minimum atomic E-state index is -3.28. The minimum Gasteiger partial charge on any atom is -0.497 e. The molecule has 2 aromatic carbocycles. The smallest absolute Gasteiger partial charge is 0.411 e. The number of fused-ring (bicyclic) bond motifs is 1. The number of benzene rings is 2. The molecule has 0 saturated heterocycles. The van der Waals surface area contributed by atoms with Crippen molar-refractivity contribution in [3.63, 3.8) is 0 Å². The van der Waals surface area contributed by atoms with Crippen LogP contribution < -0.4 is 14.6 Å². The third kappa shape index (κ3) is 2.25. The first-order chi connectivity index (χ1) is 9.21. The van der Waals surface area contributed by atoms with Gasteiger partial charge in [0.05, 0.1) is 19.0 Å². The maximum absolute atomic E-state index is 12.7. The topological polar surface area (TPSA) is 44.8 Å². The van der Waals surface area contributed by atoms with Gasteiger partial charge in [-0.1, -0.05) is 18.2 Å². The van der Waals surface area contributed by atoms with Crippen LogP contribution in [-0.4, -0.2) is 7.11 Å². The Morgan fingerprint density at radius 1 is 1.11 bits per heavy atom. The van der Waals surface area contributed by atoms with Crippen molar-refractivity contribution in [3.8, 4) is 11.5 Å². The van der Waals surface area contributed by atoms with E-state index in [0.29, 0.717) is 23.4 Å². The molecule has 1 heterocycles. The molecule has 1 aliphatic rings. The van der Waals surface area contributed by atoms with E-state index < -0.39 is 7.60 Å². The maximum Gasteiger partial charge on any atom is 0.411 e. The van der Waals surface area contributed by atoms with Crippen LogP contribution in [0.5, 0.6) is 11.5 Å². The molecule has 1 atom stereocenters. The number of hydrogen-bond acceptors (Lipinski definition) is 4. The summed E-state index contributed by atoms with van der Waals surface area (Å²) in [6, 6.07) is 14.3. The van der Waals surface area contributed by atoms with Crippen LogP contribution in [0.1, 0.15) is 5.56 Å². The van der Waals surface area contributed by atoms with E-state index in [4.69, 9.17) is 13.8 Å². The number of rotatable bonds is 2. The van der Waals surface area contributed by atoms with Crippen molar-refractivity contribution < 1.29 is 18.3 Å². The van der Waals surface area contributed by atoms with Crippen LogP contribution in [-0.2, 0) is 15.7 Å². The van der Waals surface area contributed by atoms with E-state index in [-0.39, 0.29) is 0 Å². The summed E-state index contributed by atoms with van der Waals surface area (Å²) in [5, 5.41) is 0.530. The summed E-state index contributed by atoms with van der Waals surface area (Å²) < 4.78 is 28.8. The van der Waals surface area contributed by atoms with Gasteiger partial charge in [-0.05, 0) is 30.3 Å². The van der Waals surface area contributed by atoms with Gasteiger partial charge in [-0.15, -0.1) is 0 Å². The molecule has 0 aromatic heterocycles. The second kappa shape index (κ2) is 4.72. The summed E-state index contributed by atoms with van der Waals surface area (Å²) in [6.07, 6.45) is 0. The van der Waals surface area contributed by atoms with Crippen molar-refractivity contribution in [1.29, 1.82) is 0 Å². The molecule has 0 aliphatic carbocycles. The summed E-state index contributed by atoms with van der Waals surface area (Å²) in [7, 11) is -1.70. The first-order valence-corrected chi connectivity index (χ1v) is 7.42. The largest absolute Gasteiger partial charge is 0.497 e. The Labute approximate surface area is 111 Å². The average Bonchev–Trinajstić information content (AvgIpc) is 2.47. The molecule has 0 saturated carbocycles. The molecule has 0 unspecified atom stereocenters. The third-order valence-electron chi connectivity index (χ3n) is 2.97. The zero-order valence-electron chi connectivity index (χ0n) is 10.4. The fraction of sp³-hybridized carbons (Fsp3) is 0.143. The van der Waals surface area contributed by atoms with Gasteiger partial charge < -0.3 is 9.26 Å². The SMILES string of the molecule is COc1ccc([P@@]2(=O)OCc3ccccc3O2)cc1. The van der Waals surface area contributed by atoms with Crippen LogP contribution in [0.15, 0.2) is 48.5 Å². The Balaban J connectivity index is 1.94. The van der Waals surface area contributed by atoms with Gasteiger partial charge in [0.15, 0.2) is 0 Å². The fourth-order valence-corrected chi connectivity index (χ4v) is 3.48. The molecule has 19 heavy (non-hydrogen) atoms. The second-order valence-electron chi connectivity index (χ2n) is 4.17. The van der Waals surface area contributed by atoms with Crippen molar-refractivity contribution in [2.45, 2.75) is 6.61 Å². The predicted molar refractivity (Wildman–Crippen MR) is 72.1 cm³/mol. The summed E-state index contributed by atoms with van der Waals surface area (Å²) in [5.41, 5.74) is 0.905. The highest BCUT2D eigenvalue weighted by molar-refractivity contribution is 7.62. The average molecular weight is 276 g/mol. The first kappa shape index (κ1) is 12.3. The van der Waals surface area contributed by atoms with Crippen molar-refractivity contribution in [2.24, 2.45) is 0 Å². The number of para-hydroxylation sites is 1. The molecule has 0 amide bonds. The van der Waals surface area contributed by atoms with E-state index >= 15 is 0 Å². The van der Waals surface area contributed by atoms with Gasteiger partial charge >= 0.3 is 7.60 Å². The lowest BCUT2D eigenvalue weighted by molar-refractivity contribution is 0.241. The molecular weight excluding hydrogens is 263 g/mol. The molecule has 3 rings (SSSR count). The predicted octanol–water partition coefficient (Wildman–Crippen LogP) is 3.12. The lowest BCUT2D eigenvalue weighted by Gasteiger charge is -2.25. The lowest BCUT2D eigenvalue weighted by Crippen LogP contribution is -2.16. The lowest BCUT2D eigenvalue weighted by atomic mass is 10.2. The van der Waals surface area contributed by atoms with Gasteiger partial charge in [0.1, 0.15) is 11.5 Å². The number of hydrogen-bond donors (Lipinski definition) is 0. The maximum atomic E-state index is 12.7. The Morgan fingerprint density at radius 3 is 2.58 bits per heavy atom. The van der Waals surface area contributed by atoms with Gasteiger partial charge in [-0.3, -0.25) is 4.52 Å². The van der Waals surface area contributed by atoms with Crippen LogP contribution in [0.3, 0.4) is 0 Å². The molecule has 0 N–H and O–H groups in total. The molecule has 5 heteroatoms. The molecule has 0 bridgehead atoms. The highest BCUT2D eigenvalue weighted by Gasteiger charge is 2.34. The molecule has 2 aromatic rings. The van der Waals surface area contributed by atoms with Gasteiger partial charge in [-0.25, -0.2) is 4.57 Å². The van der Waals surface area contributed by atoms with Crippen molar-refractivity contribution in [1.82, 2.24) is 0 Å². The highest BCUT2D eigenvalue weighted by Crippen LogP contribution is 2.52. The van der Waals surface area contributed by atoms with Crippen LogP contribution in [0.4, 0.5) is 0 Å². The molecule has 1 aliphatic heterocycles. The number of methoxy groups -OCH3 is 1. The highest BCUT2D eigenvalue weighted by atomic mass is 31.2. The first-order valence-electron chi connectivity index (χ1n) is 5.88. The van der Waals surface area contributed by atoms with Gasteiger partial charge in [0, 0.05) is 5.56 Å². The zero-order valence-corrected chi connectivity index (χ0v) is 11.3. The van der Waals surface area contributed by atoms with Gasteiger partial charge in [0.2, 0.25) is 0 Å². The Morgan fingerprint density at radius 2 is 1.84 bits per heavy atom. The Bertz CT molecular complexity index is 636. The van der Waals surface area contributed by atoms with E-state index in [0.717, 1.165) is 5.56 Å². The summed E-state index contributed by atoms with van der Waals surface area (Å²) >= 11 is 0. The van der Waals surface area contributed by atoms with E-state index in [9.17, 15) is 4.57 Å². The molecular formula is C14H13O4P. The molecule has 4 nitrogen and oxygen atoms in total. The van der Waals surface area contributed by atoms with Crippen LogP contribution >= 0.6 is 7.60 Å². The quantitative estimate of drug-likeness (QED) is 0.790. The molecule has 0 radical (unpaired) electrons. The monoisotopic (exact) mass is 276 g/mol. The number of ether oxygens (including phenoxy) is 1. The standard InChI is InChI=1S/C14H13O4P/c1-16-12-6-8-13(9-7-12)19(15)17-10-11-4-2-3-5-14(11)18-19/h2-9H,10H2,1H3/t19-/m1/s1. The van der Waals surface area contributed by atoms with Crippen LogP contribution in [0.2, 0.25) is 0 Å². The van der Waals surface area contributed by atoms with Crippen molar-refractivity contribution in [2.75, 3.05) is 7.11 Å². The summed E-state index contributed by atoms with van der Waals surface area (Å²) in [6.45, 7) is 0.291. The zero-order chi connectivity index (χ0) is 13.3. The van der Waals surface area contributed by atoms with Gasteiger partial charge in [-0.2, -0.15) is 0 Å². The van der Waals surface area contributed by atoms with E-state index in [2.05, 4.69) is 0 Å². The molecule has 98 valence electrons. The Hall–Kier alpha value is -1.77. The normalized spacial score (nSPS) is 21.3. The molecule has 0 spiro atoms. The van der Waals surface area contributed by atoms with E-state index in [1.807, 2.05) is 18.2 Å². The molecule has 0 fully saturated rings. The Kier molecular flexibility index (Phi) is 3.05. The summed E-state index contributed by atoms with van der Waals surface area (Å²) in [5.74, 6) is 1.32. The summed E-state index contributed by atoms with van der Waals surface area (Å²) in [4.78, 5) is 0. The van der Waals surface area contributed by atoms with Crippen molar-refractivity contribution >= 4 is 12.9 Å². The second-order valence-corrected chi connectivity index (χ2v) is 6.12. The fourth-order valence-electron chi connectivity index (χ4n) is 1.91. The van der Waals surface area contributed by atoms with Crippen LogP contribution in [0, 0.1) is 0 Å². The van der Waals surface area contributed by atoms with E-state index in [1.165, 1.54) is 0 Å². The van der Waals surface area contributed by atoms with Crippen molar-refractivity contribution in [3.05, 3.63) is 54.1 Å². The van der Waals surface area contributed by atoms with Crippen LogP contribution in [0.25, 0.3) is 0 Å². The van der Waals surface area contributed by atoms with E-state index in [1.54, 1.807) is 37.4 Å².